The second kappa shape index (κ2) is 7.11. The highest BCUT2D eigenvalue weighted by Gasteiger charge is 2.25. The van der Waals surface area contributed by atoms with Gasteiger partial charge in [-0.15, -0.1) is 0 Å². The van der Waals surface area contributed by atoms with Crippen LogP contribution in [0.5, 0.6) is 11.5 Å². The Morgan fingerprint density at radius 1 is 1.03 bits per heavy atom. The SMILES string of the molecule is COc1ccc(NS(=O)(=O)c2cc3[nH]c4c(c3cc2C)C(=O)CCC4)cc1OC. The number of ether oxygens (including phenoxy) is 2. The number of aromatic amines is 1. The van der Waals surface area contributed by atoms with E-state index in [1.807, 2.05) is 0 Å². The van der Waals surface area contributed by atoms with Crippen molar-refractivity contribution in [3.8, 4) is 11.5 Å². The van der Waals surface area contributed by atoms with E-state index in [1.165, 1.54) is 14.2 Å². The van der Waals surface area contributed by atoms with Crippen LogP contribution in [0.25, 0.3) is 10.9 Å². The maximum absolute atomic E-state index is 13.1. The molecule has 1 aliphatic carbocycles. The number of aromatic nitrogens is 1. The summed E-state index contributed by atoms with van der Waals surface area (Å²) in [5.74, 6) is 1.04. The van der Waals surface area contributed by atoms with Crippen LogP contribution in [0.4, 0.5) is 5.69 Å². The number of nitrogens with one attached hydrogen (secondary N) is 2. The summed E-state index contributed by atoms with van der Waals surface area (Å²) in [6, 6.07) is 8.18. The first-order chi connectivity index (χ1) is 13.8. The lowest BCUT2D eigenvalue weighted by Crippen LogP contribution is -2.14. The van der Waals surface area contributed by atoms with Gasteiger partial charge in [0.25, 0.3) is 10.0 Å². The molecule has 0 atom stereocenters. The lowest BCUT2D eigenvalue weighted by molar-refractivity contribution is 0.0974. The molecule has 2 aromatic carbocycles. The Morgan fingerprint density at radius 2 is 1.79 bits per heavy atom. The Hall–Kier alpha value is -3.00. The Balaban J connectivity index is 1.75. The normalized spacial score (nSPS) is 14.0. The van der Waals surface area contributed by atoms with Crippen molar-refractivity contribution in [1.82, 2.24) is 4.98 Å². The van der Waals surface area contributed by atoms with Crippen molar-refractivity contribution in [3.05, 3.63) is 47.2 Å². The minimum atomic E-state index is -3.85. The van der Waals surface area contributed by atoms with Crippen molar-refractivity contribution in [3.63, 3.8) is 0 Å². The standard InChI is InChI=1S/C21H22N2O5S/c1-12-9-14-16(22-15-5-4-6-17(24)21(14)15)11-20(12)29(25,26)23-13-7-8-18(27-2)19(10-13)28-3/h7-11,22-23H,4-6H2,1-3H3. The summed E-state index contributed by atoms with van der Waals surface area (Å²) in [7, 11) is -0.843. The van der Waals surface area contributed by atoms with Gasteiger partial charge in [-0.2, -0.15) is 0 Å². The number of Topliss-reactive ketones (excluding diaryl/α,β-unsaturated/α-hetero) is 1. The zero-order chi connectivity index (χ0) is 20.8. The summed E-state index contributed by atoms with van der Waals surface area (Å²) < 4.78 is 39.1. The van der Waals surface area contributed by atoms with Crippen molar-refractivity contribution in [2.75, 3.05) is 18.9 Å². The Morgan fingerprint density at radius 3 is 2.52 bits per heavy atom. The molecular formula is C21H22N2O5S. The molecular weight excluding hydrogens is 392 g/mol. The molecule has 0 aliphatic heterocycles. The number of rotatable bonds is 5. The van der Waals surface area contributed by atoms with Crippen LogP contribution >= 0.6 is 0 Å². The molecule has 0 spiro atoms. The van der Waals surface area contributed by atoms with Gasteiger partial charge < -0.3 is 14.5 Å². The molecule has 8 heteroatoms. The molecule has 3 aromatic rings. The third-order valence-corrected chi connectivity index (χ3v) is 6.73. The number of fused-ring (bicyclic) bond motifs is 3. The largest absolute Gasteiger partial charge is 0.493 e. The molecule has 0 bridgehead atoms. The molecule has 1 aliphatic rings. The van der Waals surface area contributed by atoms with Gasteiger partial charge in [0.1, 0.15) is 0 Å². The second-order valence-corrected chi connectivity index (χ2v) is 8.74. The molecule has 2 N–H and O–H groups in total. The number of anilines is 1. The Kier molecular flexibility index (Phi) is 4.74. The molecule has 0 unspecified atom stereocenters. The molecule has 0 amide bonds. The number of carbonyl (C=O) groups is 1. The number of H-pyrrole nitrogens is 1. The molecule has 29 heavy (non-hydrogen) atoms. The molecule has 0 saturated heterocycles. The van der Waals surface area contributed by atoms with Crippen LogP contribution in [-0.4, -0.2) is 33.4 Å². The van der Waals surface area contributed by atoms with E-state index in [0.717, 1.165) is 23.9 Å². The fourth-order valence-electron chi connectivity index (χ4n) is 3.84. The van der Waals surface area contributed by atoms with E-state index in [9.17, 15) is 13.2 Å². The topological polar surface area (TPSA) is 97.5 Å². The zero-order valence-electron chi connectivity index (χ0n) is 16.5. The van der Waals surface area contributed by atoms with E-state index in [0.29, 0.717) is 40.3 Å². The smallest absolute Gasteiger partial charge is 0.262 e. The third kappa shape index (κ3) is 3.33. The van der Waals surface area contributed by atoms with Gasteiger partial charge in [0.15, 0.2) is 17.3 Å². The highest BCUT2D eigenvalue weighted by atomic mass is 32.2. The molecule has 1 aromatic heterocycles. The first kappa shape index (κ1) is 19.3. The van der Waals surface area contributed by atoms with Crippen LogP contribution in [-0.2, 0) is 16.4 Å². The van der Waals surface area contributed by atoms with Gasteiger partial charge in [-0.25, -0.2) is 8.42 Å². The number of carbonyl (C=O) groups excluding carboxylic acids is 1. The van der Waals surface area contributed by atoms with Crippen molar-refractivity contribution in [2.24, 2.45) is 0 Å². The summed E-state index contributed by atoms with van der Waals surface area (Å²) in [4.78, 5) is 15.7. The Labute approximate surface area is 169 Å². The zero-order valence-corrected chi connectivity index (χ0v) is 17.3. The van der Waals surface area contributed by atoms with Crippen LogP contribution in [0, 0.1) is 6.92 Å². The molecule has 0 radical (unpaired) electrons. The molecule has 4 rings (SSSR count). The van der Waals surface area contributed by atoms with Gasteiger partial charge in [0, 0.05) is 34.6 Å². The van der Waals surface area contributed by atoms with Crippen LogP contribution in [0.2, 0.25) is 0 Å². The van der Waals surface area contributed by atoms with Crippen LogP contribution in [0.3, 0.4) is 0 Å². The van der Waals surface area contributed by atoms with Crippen molar-refractivity contribution >= 4 is 32.4 Å². The van der Waals surface area contributed by atoms with E-state index in [2.05, 4.69) is 9.71 Å². The van der Waals surface area contributed by atoms with E-state index in [-0.39, 0.29) is 10.7 Å². The molecule has 7 nitrogen and oxygen atoms in total. The number of aryl methyl sites for hydroxylation is 2. The highest BCUT2D eigenvalue weighted by Crippen LogP contribution is 2.34. The maximum Gasteiger partial charge on any atom is 0.262 e. The van der Waals surface area contributed by atoms with Gasteiger partial charge in [0.05, 0.1) is 24.8 Å². The monoisotopic (exact) mass is 414 g/mol. The quantitative estimate of drug-likeness (QED) is 0.662. The number of ketones is 1. The molecule has 152 valence electrons. The number of benzene rings is 2. The van der Waals surface area contributed by atoms with Gasteiger partial charge in [-0.1, -0.05) is 0 Å². The van der Waals surface area contributed by atoms with Gasteiger partial charge >= 0.3 is 0 Å². The molecule has 1 heterocycles. The first-order valence-electron chi connectivity index (χ1n) is 9.27. The van der Waals surface area contributed by atoms with Gasteiger partial charge in [0.2, 0.25) is 0 Å². The van der Waals surface area contributed by atoms with Crippen LogP contribution in [0.15, 0.2) is 35.2 Å². The minimum absolute atomic E-state index is 0.107. The number of methoxy groups -OCH3 is 2. The van der Waals surface area contributed by atoms with Crippen molar-refractivity contribution in [2.45, 2.75) is 31.1 Å². The highest BCUT2D eigenvalue weighted by molar-refractivity contribution is 7.92. The predicted molar refractivity (Wildman–Crippen MR) is 111 cm³/mol. The third-order valence-electron chi connectivity index (χ3n) is 5.21. The average molecular weight is 414 g/mol. The first-order valence-corrected chi connectivity index (χ1v) is 10.8. The molecule has 0 saturated carbocycles. The summed E-state index contributed by atoms with van der Waals surface area (Å²) in [5.41, 5.74) is 3.18. The van der Waals surface area contributed by atoms with Crippen LogP contribution in [0.1, 0.15) is 34.5 Å². The lowest BCUT2D eigenvalue weighted by Gasteiger charge is -2.13. The van der Waals surface area contributed by atoms with Gasteiger partial charge in [-0.05, 0) is 49.6 Å². The lowest BCUT2D eigenvalue weighted by atomic mass is 9.94. The van der Waals surface area contributed by atoms with E-state index in [1.54, 1.807) is 37.3 Å². The Bertz CT molecular complexity index is 1230. The second-order valence-electron chi connectivity index (χ2n) is 7.09. The minimum Gasteiger partial charge on any atom is -0.493 e. The summed E-state index contributed by atoms with van der Waals surface area (Å²) in [5, 5.41) is 0.785. The van der Waals surface area contributed by atoms with E-state index < -0.39 is 10.0 Å². The van der Waals surface area contributed by atoms with Crippen LogP contribution < -0.4 is 14.2 Å². The van der Waals surface area contributed by atoms with Gasteiger partial charge in [-0.3, -0.25) is 9.52 Å². The summed E-state index contributed by atoms with van der Waals surface area (Å²) in [6.45, 7) is 1.73. The van der Waals surface area contributed by atoms with E-state index in [4.69, 9.17) is 9.47 Å². The van der Waals surface area contributed by atoms with Crippen molar-refractivity contribution < 1.29 is 22.7 Å². The summed E-state index contributed by atoms with van der Waals surface area (Å²) >= 11 is 0. The van der Waals surface area contributed by atoms with Crippen molar-refractivity contribution in [1.29, 1.82) is 0 Å². The number of hydrogen-bond donors (Lipinski definition) is 2. The number of hydrogen-bond acceptors (Lipinski definition) is 5. The predicted octanol–water partition coefficient (Wildman–Crippen LogP) is 3.81. The fraction of sp³-hybridized carbons (Fsp3) is 0.286. The number of sulfonamides is 1. The fourth-order valence-corrected chi connectivity index (χ4v) is 5.15. The molecule has 0 fully saturated rings. The van der Waals surface area contributed by atoms with E-state index >= 15 is 0 Å². The average Bonchev–Trinajstić information content (AvgIpc) is 3.05. The summed E-state index contributed by atoms with van der Waals surface area (Å²) in [6.07, 6.45) is 2.13. The maximum atomic E-state index is 13.1.